The third-order valence-electron chi connectivity index (χ3n) is 4.07. The molecule has 1 atom stereocenters. The Morgan fingerprint density at radius 2 is 1.84 bits per heavy atom. The maximum Gasteiger partial charge on any atom is 0.220 e. The van der Waals surface area contributed by atoms with Crippen molar-refractivity contribution in [3.63, 3.8) is 0 Å². The highest BCUT2D eigenvalue weighted by Crippen LogP contribution is 2.28. The highest BCUT2D eigenvalue weighted by molar-refractivity contribution is 5.76. The molecule has 0 aliphatic rings. The van der Waals surface area contributed by atoms with Gasteiger partial charge in [0.15, 0.2) is 11.5 Å². The molecule has 3 N–H and O–H groups in total. The van der Waals surface area contributed by atoms with Crippen molar-refractivity contribution in [1.82, 2.24) is 5.32 Å². The van der Waals surface area contributed by atoms with Gasteiger partial charge in [-0.3, -0.25) is 4.79 Å². The van der Waals surface area contributed by atoms with Crippen molar-refractivity contribution in [3.05, 3.63) is 53.6 Å². The molecule has 2 aromatic rings. The lowest BCUT2D eigenvalue weighted by Crippen LogP contribution is -2.34. The van der Waals surface area contributed by atoms with Gasteiger partial charge in [0.05, 0.1) is 14.2 Å². The van der Waals surface area contributed by atoms with E-state index in [0.29, 0.717) is 24.3 Å². The van der Waals surface area contributed by atoms with Gasteiger partial charge >= 0.3 is 0 Å². The Morgan fingerprint density at radius 3 is 2.52 bits per heavy atom. The molecule has 0 spiro atoms. The number of para-hydroxylation sites is 1. The minimum Gasteiger partial charge on any atom is -0.493 e. The molecule has 1 unspecified atom stereocenters. The van der Waals surface area contributed by atoms with Crippen molar-refractivity contribution in [2.24, 2.45) is 0 Å². The van der Waals surface area contributed by atoms with Crippen LogP contribution in [-0.2, 0) is 17.6 Å². The number of nitrogens with one attached hydrogen (secondary N) is 1. The molecule has 0 aromatic heterocycles. The number of carbonyl (C=O) groups excluding carboxylic acids is 1. The molecule has 0 aliphatic heterocycles. The Kier molecular flexibility index (Phi) is 6.69. The molecule has 0 saturated carbocycles. The Balaban J connectivity index is 1.86. The number of hydrogen-bond acceptors (Lipinski definition) is 4. The molecule has 1 amide bonds. The summed E-state index contributed by atoms with van der Waals surface area (Å²) in [7, 11) is 3.22. The number of nitrogens with two attached hydrogens (primary N) is 1. The van der Waals surface area contributed by atoms with Crippen molar-refractivity contribution in [2.45, 2.75) is 32.2 Å². The van der Waals surface area contributed by atoms with Gasteiger partial charge in [0, 0.05) is 18.2 Å². The summed E-state index contributed by atoms with van der Waals surface area (Å²) in [4.78, 5) is 12.2. The molecule has 5 nitrogen and oxygen atoms in total. The van der Waals surface area contributed by atoms with Gasteiger partial charge in [-0.1, -0.05) is 24.3 Å². The van der Waals surface area contributed by atoms with Crippen LogP contribution in [0.2, 0.25) is 0 Å². The lowest BCUT2D eigenvalue weighted by Gasteiger charge is -2.16. The minimum atomic E-state index is 0.0243. The fourth-order valence-corrected chi connectivity index (χ4v) is 2.77. The molecular weight excluding hydrogens is 316 g/mol. The normalized spacial score (nSPS) is 11.6. The first kappa shape index (κ1) is 18.6. The average Bonchev–Trinajstić information content (AvgIpc) is 2.60. The molecule has 25 heavy (non-hydrogen) atoms. The number of benzene rings is 2. The quantitative estimate of drug-likeness (QED) is 0.723. The van der Waals surface area contributed by atoms with Gasteiger partial charge < -0.3 is 20.5 Å². The highest BCUT2D eigenvalue weighted by atomic mass is 16.5. The number of aryl methyl sites for hydroxylation is 1. The number of methoxy groups -OCH3 is 2. The molecule has 2 rings (SSSR count). The molecule has 0 aliphatic carbocycles. The number of carbonyl (C=O) groups is 1. The Morgan fingerprint density at radius 1 is 1.12 bits per heavy atom. The van der Waals surface area contributed by atoms with Crippen LogP contribution >= 0.6 is 0 Å². The second-order valence-electron chi connectivity index (χ2n) is 6.06. The monoisotopic (exact) mass is 342 g/mol. The largest absolute Gasteiger partial charge is 0.493 e. The van der Waals surface area contributed by atoms with Crippen LogP contribution in [0, 0.1) is 0 Å². The standard InChI is InChI=1S/C20H26N2O3/c1-14(12-15-8-10-18(24-2)19(13-15)25-3)22-20(23)11-9-16-6-4-5-7-17(16)21/h4-8,10,13-14H,9,11-12,21H2,1-3H3,(H,22,23). The van der Waals surface area contributed by atoms with E-state index in [2.05, 4.69) is 5.32 Å². The van der Waals surface area contributed by atoms with Gasteiger partial charge in [0.1, 0.15) is 0 Å². The molecule has 0 radical (unpaired) electrons. The number of ether oxygens (including phenoxy) is 2. The summed E-state index contributed by atoms with van der Waals surface area (Å²) in [5, 5.41) is 3.03. The number of amides is 1. The van der Waals surface area contributed by atoms with E-state index in [1.807, 2.05) is 49.4 Å². The van der Waals surface area contributed by atoms with Crippen LogP contribution in [0.15, 0.2) is 42.5 Å². The van der Waals surface area contributed by atoms with E-state index in [4.69, 9.17) is 15.2 Å². The van der Waals surface area contributed by atoms with Crippen LogP contribution in [0.1, 0.15) is 24.5 Å². The smallest absolute Gasteiger partial charge is 0.220 e. The van der Waals surface area contributed by atoms with Crippen LogP contribution in [0.4, 0.5) is 5.69 Å². The van der Waals surface area contributed by atoms with Gasteiger partial charge in [-0.25, -0.2) is 0 Å². The first-order chi connectivity index (χ1) is 12.0. The third-order valence-corrected chi connectivity index (χ3v) is 4.07. The van der Waals surface area contributed by atoms with Crippen molar-refractivity contribution < 1.29 is 14.3 Å². The molecule has 0 heterocycles. The van der Waals surface area contributed by atoms with E-state index in [1.165, 1.54) is 0 Å². The summed E-state index contributed by atoms with van der Waals surface area (Å²) in [6.07, 6.45) is 1.78. The molecule has 134 valence electrons. The van der Waals surface area contributed by atoms with Crippen LogP contribution in [-0.4, -0.2) is 26.2 Å². The fourth-order valence-electron chi connectivity index (χ4n) is 2.77. The van der Waals surface area contributed by atoms with Crippen molar-refractivity contribution in [1.29, 1.82) is 0 Å². The molecule has 2 aromatic carbocycles. The van der Waals surface area contributed by atoms with Gasteiger partial charge in [-0.15, -0.1) is 0 Å². The van der Waals surface area contributed by atoms with E-state index < -0.39 is 0 Å². The topological polar surface area (TPSA) is 73.6 Å². The van der Waals surface area contributed by atoms with Crippen LogP contribution < -0.4 is 20.5 Å². The highest BCUT2D eigenvalue weighted by Gasteiger charge is 2.11. The van der Waals surface area contributed by atoms with Crippen molar-refractivity contribution in [2.75, 3.05) is 20.0 Å². The Bertz CT molecular complexity index is 716. The van der Waals surface area contributed by atoms with Crippen LogP contribution in [0.3, 0.4) is 0 Å². The molecule has 0 fully saturated rings. The predicted octanol–water partition coefficient (Wildman–Crippen LogP) is 2.97. The summed E-state index contributed by atoms with van der Waals surface area (Å²) in [6.45, 7) is 1.99. The van der Waals surface area contributed by atoms with Crippen molar-refractivity contribution >= 4 is 11.6 Å². The van der Waals surface area contributed by atoms with Crippen LogP contribution in [0.5, 0.6) is 11.5 Å². The van der Waals surface area contributed by atoms with E-state index in [1.54, 1.807) is 14.2 Å². The number of hydrogen-bond donors (Lipinski definition) is 2. The minimum absolute atomic E-state index is 0.0243. The molecular formula is C20H26N2O3. The zero-order valence-corrected chi connectivity index (χ0v) is 15.0. The predicted molar refractivity (Wildman–Crippen MR) is 100 cm³/mol. The molecule has 0 bridgehead atoms. The zero-order chi connectivity index (χ0) is 18.2. The first-order valence-corrected chi connectivity index (χ1v) is 8.37. The average molecular weight is 342 g/mol. The number of nitrogen functional groups attached to an aromatic ring is 1. The maximum absolute atomic E-state index is 12.2. The summed E-state index contributed by atoms with van der Waals surface area (Å²) >= 11 is 0. The number of rotatable bonds is 8. The fraction of sp³-hybridized carbons (Fsp3) is 0.350. The summed E-state index contributed by atoms with van der Waals surface area (Å²) in [6, 6.07) is 13.5. The Labute approximate surface area is 149 Å². The second kappa shape index (κ2) is 8.97. The summed E-state index contributed by atoms with van der Waals surface area (Å²) < 4.78 is 10.6. The SMILES string of the molecule is COc1ccc(CC(C)NC(=O)CCc2ccccc2N)cc1OC. The van der Waals surface area contributed by atoms with E-state index in [-0.39, 0.29) is 11.9 Å². The molecule has 0 saturated heterocycles. The van der Waals surface area contributed by atoms with Gasteiger partial charge in [0.2, 0.25) is 5.91 Å². The van der Waals surface area contributed by atoms with Gasteiger partial charge in [-0.05, 0) is 49.1 Å². The summed E-state index contributed by atoms with van der Waals surface area (Å²) in [5.74, 6) is 1.41. The first-order valence-electron chi connectivity index (χ1n) is 8.37. The lowest BCUT2D eigenvalue weighted by atomic mass is 10.1. The second-order valence-corrected chi connectivity index (χ2v) is 6.06. The number of anilines is 1. The van der Waals surface area contributed by atoms with Crippen molar-refractivity contribution in [3.8, 4) is 11.5 Å². The Hall–Kier alpha value is -2.69. The zero-order valence-electron chi connectivity index (χ0n) is 15.0. The van der Waals surface area contributed by atoms with Gasteiger partial charge in [0.25, 0.3) is 0 Å². The van der Waals surface area contributed by atoms with Gasteiger partial charge in [-0.2, -0.15) is 0 Å². The lowest BCUT2D eigenvalue weighted by molar-refractivity contribution is -0.121. The van der Waals surface area contributed by atoms with E-state index in [0.717, 1.165) is 23.2 Å². The summed E-state index contributed by atoms with van der Waals surface area (Å²) in [5.41, 5.74) is 8.72. The van der Waals surface area contributed by atoms with E-state index in [9.17, 15) is 4.79 Å². The maximum atomic E-state index is 12.2. The molecule has 5 heteroatoms. The van der Waals surface area contributed by atoms with Crippen LogP contribution in [0.25, 0.3) is 0 Å². The third kappa shape index (κ3) is 5.41. The van der Waals surface area contributed by atoms with E-state index >= 15 is 0 Å².